The van der Waals surface area contributed by atoms with Crippen LogP contribution in [0.25, 0.3) is 0 Å². The van der Waals surface area contributed by atoms with E-state index < -0.39 is 11.9 Å². The van der Waals surface area contributed by atoms with Crippen LogP contribution in [0.2, 0.25) is 0 Å². The lowest BCUT2D eigenvalue weighted by atomic mass is 10.2. The lowest BCUT2D eigenvalue weighted by Crippen LogP contribution is -2.12. The van der Waals surface area contributed by atoms with Crippen molar-refractivity contribution in [3.8, 4) is 0 Å². The Morgan fingerprint density at radius 3 is 2.45 bits per heavy atom. The molecule has 0 saturated carbocycles. The molecule has 11 heavy (non-hydrogen) atoms. The van der Waals surface area contributed by atoms with E-state index in [0.717, 1.165) is 12.8 Å². The molecule has 0 aliphatic heterocycles. The van der Waals surface area contributed by atoms with E-state index in [1.54, 1.807) is 0 Å². The predicted octanol–water partition coefficient (Wildman–Crippen LogP) is 1.49. The van der Waals surface area contributed by atoms with Gasteiger partial charge in [-0.05, 0) is 6.42 Å². The Hall–Kier alpha value is -0.570. The number of hydrogen-bond donors (Lipinski definition) is 0. The molecule has 3 nitrogen and oxygen atoms in total. The first-order valence-corrected chi connectivity index (χ1v) is 4.03. The Labute approximate surface area is 70.7 Å². The van der Waals surface area contributed by atoms with Crippen LogP contribution in [0.15, 0.2) is 0 Å². The minimum Gasteiger partial charge on any atom is -0.392 e. The van der Waals surface area contributed by atoms with Gasteiger partial charge in [0.1, 0.15) is 5.88 Å². The molecule has 0 fully saturated rings. The highest BCUT2D eigenvalue weighted by atomic mass is 35.5. The molecular formula is C7H11ClO3. The Bertz CT molecular complexity index is 145. The summed E-state index contributed by atoms with van der Waals surface area (Å²) in [5.74, 6) is -1.43. The van der Waals surface area contributed by atoms with Crippen LogP contribution in [0.5, 0.6) is 0 Å². The van der Waals surface area contributed by atoms with E-state index in [-0.39, 0.29) is 5.88 Å². The van der Waals surface area contributed by atoms with Crippen molar-refractivity contribution in [2.45, 2.75) is 26.2 Å². The molecule has 0 radical (unpaired) electrons. The number of hydrogen-bond acceptors (Lipinski definition) is 3. The number of carbonyl (C=O) groups excluding carboxylic acids is 2. The molecule has 64 valence electrons. The summed E-state index contributed by atoms with van der Waals surface area (Å²) < 4.78 is 4.29. The Balaban J connectivity index is 3.44. The Kier molecular flexibility index (Phi) is 5.84. The highest BCUT2D eigenvalue weighted by Gasteiger charge is 2.07. The van der Waals surface area contributed by atoms with E-state index in [1.807, 2.05) is 6.92 Å². The highest BCUT2D eigenvalue weighted by Crippen LogP contribution is 1.96. The molecule has 0 aliphatic rings. The zero-order valence-corrected chi connectivity index (χ0v) is 7.19. The van der Waals surface area contributed by atoms with E-state index in [4.69, 9.17) is 11.6 Å². The first kappa shape index (κ1) is 10.4. The van der Waals surface area contributed by atoms with Gasteiger partial charge in [0.25, 0.3) is 0 Å². The van der Waals surface area contributed by atoms with Gasteiger partial charge in [-0.2, -0.15) is 0 Å². The summed E-state index contributed by atoms with van der Waals surface area (Å²) in [6.07, 6.45) is 1.94. The summed E-state index contributed by atoms with van der Waals surface area (Å²) in [7, 11) is 0. The van der Waals surface area contributed by atoms with Crippen molar-refractivity contribution >= 4 is 23.5 Å². The molecule has 0 aliphatic carbocycles. The van der Waals surface area contributed by atoms with Crippen LogP contribution in [0.3, 0.4) is 0 Å². The van der Waals surface area contributed by atoms with E-state index in [2.05, 4.69) is 4.74 Å². The number of unbranched alkanes of at least 4 members (excludes halogenated alkanes) is 1. The molecule has 0 spiro atoms. The normalized spacial score (nSPS) is 9.27. The maximum absolute atomic E-state index is 10.7. The molecule has 0 rings (SSSR count). The van der Waals surface area contributed by atoms with Crippen LogP contribution in [-0.2, 0) is 14.3 Å². The fourth-order valence-electron chi connectivity index (χ4n) is 0.526. The zero-order valence-electron chi connectivity index (χ0n) is 6.43. The number of halogens is 1. The maximum atomic E-state index is 10.7. The third-order valence-corrected chi connectivity index (χ3v) is 1.29. The van der Waals surface area contributed by atoms with Gasteiger partial charge in [0.15, 0.2) is 0 Å². The van der Waals surface area contributed by atoms with Crippen molar-refractivity contribution in [3.63, 3.8) is 0 Å². The topological polar surface area (TPSA) is 43.4 Å². The van der Waals surface area contributed by atoms with Crippen molar-refractivity contribution in [2.24, 2.45) is 0 Å². The van der Waals surface area contributed by atoms with E-state index in [1.165, 1.54) is 0 Å². The molecule has 0 saturated heterocycles. The number of alkyl halides is 1. The molecule has 0 aromatic carbocycles. The van der Waals surface area contributed by atoms with Crippen molar-refractivity contribution in [1.29, 1.82) is 0 Å². The lowest BCUT2D eigenvalue weighted by molar-refractivity contribution is -0.157. The van der Waals surface area contributed by atoms with Gasteiger partial charge >= 0.3 is 11.9 Å². The number of ether oxygens (including phenoxy) is 1. The van der Waals surface area contributed by atoms with Gasteiger partial charge in [0.05, 0.1) is 0 Å². The summed E-state index contributed by atoms with van der Waals surface area (Å²) in [5, 5.41) is 0. The second-order valence-corrected chi connectivity index (χ2v) is 2.35. The van der Waals surface area contributed by atoms with E-state index in [9.17, 15) is 9.59 Å². The molecule has 4 heteroatoms. The molecule has 0 bridgehead atoms. The number of carbonyl (C=O) groups is 2. The minimum absolute atomic E-state index is 0.266. The van der Waals surface area contributed by atoms with Crippen molar-refractivity contribution in [2.75, 3.05) is 5.88 Å². The van der Waals surface area contributed by atoms with Gasteiger partial charge in [-0.15, -0.1) is 11.6 Å². The highest BCUT2D eigenvalue weighted by molar-refractivity contribution is 6.27. The van der Waals surface area contributed by atoms with Crippen LogP contribution in [0.1, 0.15) is 26.2 Å². The first-order valence-electron chi connectivity index (χ1n) is 3.50. The van der Waals surface area contributed by atoms with Crippen molar-refractivity contribution in [1.82, 2.24) is 0 Å². The van der Waals surface area contributed by atoms with Gasteiger partial charge in [-0.25, -0.2) is 0 Å². The van der Waals surface area contributed by atoms with E-state index in [0.29, 0.717) is 6.42 Å². The zero-order chi connectivity index (χ0) is 8.69. The molecule has 0 amide bonds. The second kappa shape index (κ2) is 6.16. The molecule has 0 aromatic heterocycles. The smallest absolute Gasteiger partial charge is 0.328 e. The maximum Gasteiger partial charge on any atom is 0.328 e. The molecular weight excluding hydrogens is 168 g/mol. The Morgan fingerprint density at radius 2 is 2.00 bits per heavy atom. The summed E-state index contributed by atoms with van der Waals surface area (Å²) >= 11 is 5.10. The summed E-state index contributed by atoms with van der Waals surface area (Å²) in [4.78, 5) is 21.1. The lowest BCUT2D eigenvalue weighted by Gasteiger charge is -1.98. The monoisotopic (exact) mass is 178 g/mol. The fourth-order valence-corrected chi connectivity index (χ4v) is 0.581. The minimum atomic E-state index is -0.673. The van der Waals surface area contributed by atoms with Crippen LogP contribution >= 0.6 is 11.6 Å². The van der Waals surface area contributed by atoms with Gasteiger partial charge in [-0.1, -0.05) is 13.3 Å². The average molecular weight is 179 g/mol. The third-order valence-electron chi connectivity index (χ3n) is 1.07. The Morgan fingerprint density at radius 1 is 1.36 bits per heavy atom. The van der Waals surface area contributed by atoms with Gasteiger partial charge < -0.3 is 4.74 Å². The van der Waals surface area contributed by atoms with Crippen LogP contribution < -0.4 is 0 Å². The van der Waals surface area contributed by atoms with Gasteiger partial charge in [0, 0.05) is 6.42 Å². The largest absolute Gasteiger partial charge is 0.392 e. The summed E-state index contributed by atoms with van der Waals surface area (Å²) in [5.41, 5.74) is 0. The van der Waals surface area contributed by atoms with Gasteiger partial charge in [-0.3, -0.25) is 9.59 Å². The van der Waals surface area contributed by atoms with E-state index >= 15 is 0 Å². The third kappa shape index (κ3) is 5.85. The predicted molar refractivity (Wildman–Crippen MR) is 41.3 cm³/mol. The summed E-state index contributed by atoms with van der Waals surface area (Å²) in [6.45, 7) is 1.96. The van der Waals surface area contributed by atoms with Crippen molar-refractivity contribution in [3.05, 3.63) is 0 Å². The second-order valence-electron chi connectivity index (χ2n) is 2.08. The molecule has 0 aromatic rings. The van der Waals surface area contributed by atoms with Crippen LogP contribution in [0, 0.1) is 0 Å². The molecule has 0 N–H and O–H groups in total. The molecule has 0 heterocycles. The van der Waals surface area contributed by atoms with Gasteiger partial charge in [0.2, 0.25) is 0 Å². The average Bonchev–Trinajstić information content (AvgIpc) is 2.00. The summed E-state index contributed by atoms with van der Waals surface area (Å²) in [6, 6.07) is 0. The SMILES string of the molecule is CCCCC(=O)OC(=O)CCl. The fraction of sp³-hybridized carbons (Fsp3) is 0.714. The number of rotatable bonds is 4. The van der Waals surface area contributed by atoms with Crippen LogP contribution in [-0.4, -0.2) is 17.8 Å². The standard InChI is InChI=1S/C7H11ClO3/c1-2-3-4-6(9)11-7(10)5-8/h2-5H2,1H3. The molecule has 0 atom stereocenters. The number of esters is 2. The quantitative estimate of drug-likeness (QED) is 0.372. The molecule has 0 unspecified atom stereocenters. The van der Waals surface area contributed by atoms with Crippen molar-refractivity contribution < 1.29 is 14.3 Å². The first-order chi connectivity index (χ1) is 5.20. The van der Waals surface area contributed by atoms with Crippen LogP contribution in [0.4, 0.5) is 0 Å².